The second-order valence-electron chi connectivity index (χ2n) is 5.05. The van der Waals surface area contributed by atoms with Gasteiger partial charge >= 0.3 is 0 Å². The molecule has 3 nitrogen and oxygen atoms in total. The molecule has 2 N–H and O–H groups in total. The van der Waals surface area contributed by atoms with Gasteiger partial charge in [0.15, 0.2) is 0 Å². The highest BCUT2D eigenvalue weighted by molar-refractivity contribution is 6.42. The van der Waals surface area contributed by atoms with Gasteiger partial charge in [-0.3, -0.25) is 0 Å². The lowest BCUT2D eigenvalue weighted by atomic mass is 10.1. The van der Waals surface area contributed by atoms with Crippen LogP contribution in [0.2, 0.25) is 10.0 Å². The number of halogens is 2. The Morgan fingerprint density at radius 2 is 2.00 bits per heavy atom. The van der Waals surface area contributed by atoms with E-state index in [0.717, 1.165) is 5.56 Å². The number of nitrogens with zero attached hydrogens (tertiary/aromatic N) is 1. The van der Waals surface area contributed by atoms with Crippen molar-refractivity contribution in [3.8, 4) is 0 Å². The zero-order valence-corrected chi connectivity index (χ0v) is 12.5. The number of aliphatic hydroxyl groups is 1. The summed E-state index contributed by atoms with van der Waals surface area (Å²) in [5, 5.41) is 14.4. The molecule has 18 heavy (non-hydrogen) atoms. The van der Waals surface area contributed by atoms with Crippen LogP contribution >= 0.6 is 23.2 Å². The topological polar surface area (TPSA) is 35.5 Å². The largest absolute Gasteiger partial charge is 0.388 e. The van der Waals surface area contributed by atoms with Crippen LogP contribution in [0.1, 0.15) is 12.5 Å². The fourth-order valence-electron chi connectivity index (χ4n) is 1.89. The van der Waals surface area contributed by atoms with Gasteiger partial charge in [-0.2, -0.15) is 0 Å². The van der Waals surface area contributed by atoms with E-state index in [0.29, 0.717) is 29.7 Å². The third-order valence-corrected chi connectivity index (χ3v) is 3.37. The quantitative estimate of drug-likeness (QED) is 0.845. The Morgan fingerprint density at radius 3 is 2.61 bits per heavy atom. The minimum absolute atomic E-state index is 0.494. The molecule has 0 aliphatic carbocycles. The summed E-state index contributed by atoms with van der Waals surface area (Å²) in [6.07, 6.45) is 0. The molecule has 0 amide bonds. The fourth-order valence-corrected chi connectivity index (χ4v) is 2.28. The van der Waals surface area contributed by atoms with E-state index in [2.05, 4.69) is 5.32 Å². The molecule has 0 heterocycles. The molecular formula is C13H20Cl2N2O. The molecule has 0 saturated carbocycles. The first-order valence-corrected chi connectivity index (χ1v) is 6.58. The van der Waals surface area contributed by atoms with Crippen LogP contribution in [-0.4, -0.2) is 42.8 Å². The molecule has 0 radical (unpaired) electrons. The number of rotatable bonds is 6. The molecule has 102 valence electrons. The Hall–Kier alpha value is -0.320. The van der Waals surface area contributed by atoms with Crippen LogP contribution in [0.25, 0.3) is 0 Å². The van der Waals surface area contributed by atoms with Gasteiger partial charge in [-0.25, -0.2) is 0 Å². The van der Waals surface area contributed by atoms with E-state index in [1.165, 1.54) is 0 Å². The van der Waals surface area contributed by atoms with E-state index < -0.39 is 5.60 Å². The molecule has 1 aromatic carbocycles. The summed E-state index contributed by atoms with van der Waals surface area (Å²) in [4.78, 5) is 1.95. The van der Waals surface area contributed by atoms with Crippen molar-refractivity contribution in [3.63, 3.8) is 0 Å². The van der Waals surface area contributed by atoms with E-state index in [1.54, 1.807) is 13.0 Å². The van der Waals surface area contributed by atoms with E-state index >= 15 is 0 Å². The standard InChI is InChI=1S/C13H20Cl2N2O/c1-13(18,9-17(2)3)8-16-7-10-5-4-6-11(14)12(10)15/h4-6,16,18H,7-9H2,1-3H3. The van der Waals surface area contributed by atoms with Crippen molar-refractivity contribution < 1.29 is 5.11 Å². The summed E-state index contributed by atoms with van der Waals surface area (Å²) in [6, 6.07) is 5.54. The number of benzene rings is 1. The van der Waals surface area contributed by atoms with Crippen LogP contribution < -0.4 is 5.32 Å². The summed E-state index contributed by atoms with van der Waals surface area (Å²) >= 11 is 12.0. The van der Waals surface area contributed by atoms with Gasteiger partial charge in [-0.15, -0.1) is 0 Å². The van der Waals surface area contributed by atoms with E-state index in [1.807, 2.05) is 31.1 Å². The SMILES string of the molecule is CN(C)CC(C)(O)CNCc1cccc(Cl)c1Cl. The monoisotopic (exact) mass is 290 g/mol. The number of likely N-dealkylation sites (N-methyl/N-ethyl adjacent to an activating group) is 1. The second kappa shape index (κ2) is 6.73. The highest BCUT2D eigenvalue weighted by atomic mass is 35.5. The predicted molar refractivity (Wildman–Crippen MR) is 77.3 cm³/mol. The smallest absolute Gasteiger partial charge is 0.0869 e. The van der Waals surface area contributed by atoms with Crippen molar-refractivity contribution in [2.45, 2.75) is 19.1 Å². The Kier molecular flexibility index (Phi) is 5.89. The summed E-state index contributed by atoms with van der Waals surface area (Å²) < 4.78 is 0. The molecule has 1 atom stereocenters. The molecule has 1 unspecified atom stereocenters. The number of hydrogen-bond donors (Lipinski definition) is 2. The zero-order valence-electron chi connectivity index (χ0n) is 11.0. The van der Waals surface area contributed by atoms with Gasteiger partial charge < -0.3 is 15.3 Å². The van der Waals surface area contributed by atoms with Crippen molar-refractivity contribution in [3.05, 3.63) is 33.8 Å². The minimum atomic E-state index is -0.769. The lowest BCUT2D eigenvalue weighted by Crippen LogP contribution is -2.45. The maximum absolute atomic E-state index is 10.1. The Bertz CT molecular complexity index is 395. The first-order chi connectivity index (χ1) is 8.32. The molecule has 5 heteroatoms. The van der Waals surface area contributed by atoms with Crippen LogP contribution in [0.4, 0.5) is 0 Å². The van der Waals surface area contributed by atoms with Crippen molar-refractivity contribution >= 4 is 23.2 Å². The van der Waals surface area contributed by atoms with Gasteiger partial charge in [-0.05, 0) is 32.6 Å². The Morgan fingerprint density at radius 1 is 1.33 bits per heavy atom. The summed E-state index contributed by atoms with van der Waals surface area (Å²) in [7, 11) is 3.87. The van der Waals surface area contributed by atoms with Gasteiger partial charge in [0.1, 0.15) is 0 Å². The third kappa shape index (κ3) is 5.12. The van der Waals surface area contributed by atoms with Crippen LogP contribution in [-0.2, 0) is 6.54 Å². The van der Waals surface area contributed by atoms with Crippen LogP contribution in [0.15, 0.2) is 18.2 Å². The highest BCUT2D eigenvalue weighted by Crippen LogP contribution is 2.25. The van der Waals surface area contributed by atoms with Gasteiger partial charge in [0, 0.05) is 19.6 Å². The molecule has 1 aromatic rings. The van der Waals surface area contributed by atoms with Crippen LogP contribution in [0, 0.1) is 0 Å². The molecule has 0 aliphatic heterocycles. The maximum Gasteiger partial charge on any atom is 0.0869 e. The summed E-state index contributed by atoms with van der Waals surface area (Å²) in [5.41, 5.74) is 0.166. The maximum atomic E-state index is 10.1. The summed E-state index contributed by atoms with van der Waals surface area (Å²) in [6.45, 7) is 3.49. The lowest BCUT2D eigenvalue weighted by Gasteiger charge is -2.27. The second-order valence-corrected chi connectivity index (χ2v) is 5.84. The summed E-state index contributed by atoms with van der Waals surface area (Å²) in [5.74, 6) is 0. The predicted octanol–water partition coefficient (Wildman–Crippen LogP) is 2.40. The van der Waals surface area contributed by atoms with Gasteiger partial charge in [-0.1, -0.05) is 35.3 Å². The van der Waals surface area contributed by atoms with Gasteiger partial charge in [0.2, 0.25) is 0 Å². The minimum Gasteiger partial charge on any atom is -0.388 e. The molecule has 0 saturated heterocycles. The molecule has 0 aromatic heterocycles. The van der Waals surface area contributed by atoms with Crippen molar-refractivity contribution in [1.82, 2.24) is 10.2 Å². The third-order valence-electron chi connectivity index (χ3n) is 2.51. The molecular weight excluding hydrogens is 271 g/mol. The number of hydrogen-bond acceptors (Lipinski definition) is 3. The normalized spacial score (nSPS) is 14.8. The molecule has 0 bridgehead atoms. The van der Waals surface area contributed by atoms with Crippen molar-refractivity contribution in [2.75, 3.05) is 27.2 Å². The first kappa shape index (κ1) is 15.7. The molecule has 0 aliphatic rings. The van der Waals surface area contributed by atoms with E-state index in [-0.39, 0.29) is 0 Å². The fraction of sp³-hybridized carbons (Fsp3) is 0.538. The highest BCUT2D eigenvalue weighted by Gasteiger charge is 2.20. The molecule has 0 fully saturated rings. The first-order valence-electron chi connectivity index (χ1n) is 5.82. The van der Waals surface area contributed by atoms with Crippen molar-refractivity contribution in [1.29, 1.82) is 0 Å². The Balaban J connectivity index is 2.49. The molecule has 0 spiro atoms. The zero-order chi connectivity index (χ0) is 13.8. The average molecular weight is 291 g/mol. The van der Waals surface area contributed by atoms with E-state index in [4.69, 9.17) is 23.2 Å². The van der Waals surface area contributed by atoms with Crippen LogP contribution in [0.3, 0.4) is 0 Å². The number of nitrogens with one attached hydrogen (secondary N) is 1. The van der Waals surface area contributed by atoms with Gasteiger partial charge in [0.25, 0.3) is 0 Å². The van der Waals surface area contributed by atoms with Crippen molar-refractivity contribution in [2.24, 2.45) is 0 Å². The average Bonchev–Trinajstić information content (AvgIpc) is 2.22. The van der Waals surface area contributed by atoms with Gasteiger partial charge in [0.05, 0.1) is 15.6 Å². The van der Waals surface area contributed by atoms with Crippen LogP contribution in [0.5, 0.6) is 0 Å². The molecule has 1 rings (SSSR count). The van der Waals surface area contributed by atoms with E-state index in [9.17, 15) is 5.11 Å². The lowest BCUT2D eigenvalue weighted by molar-refractivity contribution is 0.0336. The Labute approximate surface area is 119 Å².